The number of ether oxygens (including phenoxy) is 1. The molecule has 1 aliphatic carbocycles. The van der Waals surface area contributed by atoms with E-state index in [1.54, 1.807) is 0 Å². The summed E-state index contributed by atoms with van der Waals surface area (Å²) in [6.07, 6.45) is 1.17. The number of fused-ring (bicyclic) bond motifs is 4. The van der Waals surface area contributed by atoms with Crippen molar-refractivity contribution in [2.45, 2.75) is 19.3 Å². The van der Waals surface area contributed by atoms with E-state index in [2.05, 4.69) is 200 Å². The number of para-hydroxylation sites is 1. The van der Waals surface area contributed by atoms with Crippen molar-refractivity contribution in [3.8, 4) is 56.1 Å². The molecule has 1 heterocycles. The first-order valence-electron chi connectivity index (χ1n) is 20.3. The Hall–Kier alpha value is -7.69. The van der Waals surface area contributed by atoms with Gasteiger partial charge in [-0.05, 0) is 111 Å². The van der Waals surface area contributed by atoms with Crippen molar-refractivity contribution in [3.63, 3.8) is 0 Å². The van der Waals surface area contributed by atoms with E-state index in [9.17, 15) is 4.79 Å². The zero-order valence-corrected chi connectivity index (χ0v) is 33.5. The van der Waals surface area contributed by atoms with E-state index >= 15 is 0 Å². The fraction of sp³-hybridized carbons (Fsp3) is 0.0536. The molecule has 0 N–H and O–H groups in total. The van der Waals surface area contributed by atoms with Gasteiger partial charge in [-0.25, -0.2) is 4.79 Å². The van der Waals surface area contributed by atoms with E-state index < -0.39 is 5.97 Å². The Kier molecular flexibility index (Phi) is 9.11. The second-order valence-electron chi connectivity index (χ2n) is 15.8. The molecule has 0 radical (unpaired) electrons. The molecule has 4 nitrogen and oxygen atoms in total. The van der Waals surface area contributed by atoms with Crippen molar-refractivity contribution in [1.29, 1.82) is 0 Å². The van der Waals surface area contributed by atoms with Gasteiger partial charge in [0.1, 0.15) is 5.75 Å². The number of rotatable bonds is 9. The number of esters is 1. The summed E-state index contributed by atoms with van der Waals surface area (Å²) >= 11 is 0. The lowest BCUT2D eigenvalue weighted by atomic mass is 9.82. The van der Waals surface area contributed by atoms with E-state index in [1.807, 2.05) is 30.3 Å². The predicted molar refractivity (Wildman–Crippen MR) is 248 cm³/mol. The minimum atomic E-state index is -0.488. The maximum absolute atomic E-state index is 12.0. The van der Waals surface area contributed by atoms with Gasteiger partial charge in [-0.1, -0.05) is 154 Å². The number of carbonyl (C=O) groups excluding carboxylic acids is 1. The number of aromatic nitrogens is 1. The van der Waals surface area contributed by atoms with Gasteiger partial charge in [-0.15, -0.1) is 0 Å². The SMILES string of the molecule is C=CC(=O)Oc1ccc(-n2c(-c3ccccc3)c(-c3ccc(N(c4ccc(-c5ccccc5)cc4)c4ccc5c(c4)C(C)(C)c4ccccc4-5)cc3)c3ccccc32)cc1. The van der Waals surface area contributed by atoms with Crippen LogP contribution in [0.15, 0.2) is 213 Å². The van der Waals surface area contributed by atoms with Gasteiger partial charge >= 0.3 is 5.97 Å². The lowest BCUT2D eigenvalue weighted by molar-refractivity contribution is -0.128. The van der Waals surface area contributed by atoms with Gasteiger partial charge in [0.2, 0.25) is 0 Å². The minimum Gasteiger partial charge on any atom is -0.423 e. The Morgan fingerprint density at radius 1 is 0.550 bits per heavy atom. The van der Waals surface area contributed by atoms with E-state index in [0.717, 1.165) is 56.0 Å². The van der Waals surface area contributed by atoms with Crippen LogP contribution < -0.4 is 9.64 Å². The molecule has 288 valence electrons. The van der Waals surface area contributed by atoms with Crippen LogP contribution in [0.2, 0.25) is 0 Å². The summed E-state index contributed by atoms with van der Waals surface area (Å²) < 4.78 is 7.73. The highest BCUT2D eigenvalue weighted by molar-refractivity contribution is 6.06. The molecule has 10 rings (SSSR count). The van der Waals surface area contributed by atoms with Gasteiger partial charge in [-0.2, -0.15) is 0 Å². The van der Waals surface area contributed by atoms with Gasteiger partial charge in [0, 0.05) is 45.2 Å². The fourth-order valence-electron chi connectivity index (χ4n) is 8.98. The number of benzene rings is 8. The van der Waals surface area contributed by atoms with Crippen molar-refractivity contribution in [2.75, 3.05) is 4.90 Å². The van der Waals surface area contributed by atoms with E-state index in [1.165, 1.54) is 39.5 Å². The molecular weight excluding hydrogens is 733 g/mol. The Morgan fingerprint density at radius 3 is 1.78 bits per heavy atom. The third-order valence-corrected chi connectivity index (χ3v) is 11.9. The highest BCUT2D eigenvalue weighted by Gasteiger charge is 2.35. The standard InChI is InChI=1S/C56H42N2O2/c1-4-53(59)60-46-34-31-44(32-35-46)58-52-22-14-12-20-49(52)54(55(58)41-17-9-6-10-18-41)40-25-29-43(30-26-40)57(42-27-23-39(24-28-42)38-15-7-5-8-16-38)45-33-36-48-47-19-11-13-21-50(47)56(2,3)51(48)37-45/h4-37H,1H2,2-3H3. The zero-order valence-electron chi connectivity index (χ0n) is 33.5. The number of hydrogen-bond donors (Lipinski definition) is 0. The lowest BCUT2D eigenvalue weighted by Gasteiger charge is -2.28. The van der Waals surface area contributed by atoms with Crippen LogP contribution in [0.1, 0.15) is 25.0 Å². The van der Waals surface area contributed by atoms with Gasteiger partial charge < -0.3 is 14.2 Å². The maximum atomic E-state index is 12.0. The zero-order chi connectivity index (χ0) is 40.8. The first-order chi connectivity index (χ1) is 29.4. The van der Waals surface area contributed by atoms with Crippen LogP contribution in [-0.4, -0.2) is 10.5 Å². The van der Waals surface area contributed by atoms with Gasteiger partial charge in [0.25, 0.3) is 0 Å². The number of hydrogen-bond acceptors (Lipinski definition) is 3. The van der Waals surface area contributed by atoms with Gasteiger partial charge in [0.05, 0.1) is 11.2 Å². The topological polar surface area (TPSA) is 34.5 Å². The summed E-state index contributed by atoms with van der Waals surface area (Å²) in [6, 6.07) is 70.9. The minimum absolute atomic E-state index is 0.132. The van der Waals surface area contributed by atoms with Gasteiger partial charge in [-0.3, -0.25) is 0 Å². The van der Waals surface area contributed by atoms with Crippen LogP contribution in [0.5, 0.6) is 5.75 Å². The summed E-state index contributed by atoms with van der Waals surface area (Å²) in [4.78, 5) is 14.3. The molecule has 1 aliphatic rings. The molecule has 9 aromatic rings. The second kappa shape index (κ2) is 14.9. The average molecular weight is 775 g/mol. The summed E-state index contributed by atoms with van der Waals surface area (Å²) in [7, 11) is 0. The van der Waals surface area contributed by atoms with E-state index in [4.69, 9.17) is 4.74 Å². The predicted octanol–water partition coefficient (Wildman–Crippen LogP) is 14.5. The third-order valence-electron chi connectivity index (χ3n) is 11.9. The lowest BCUT2D eigenvalue weighted by Crippen LogP contribution is -2.16. The molecule has 0 saturated carbocycles. The van der Waals surface area contributed by atoms with E-state index in [0.29, 0.717) is 5.75 Å². The fourth-order valence-corrected chi connectivity index (χ4v) is 8.98. The van der Waals surface area contributed by atoms with Crippen LogP contribution in [0.25, 0.3) is 61.2 Å². The normalized spacial score (nSPS) is 12.4. The summed E-state index contributed by atoms with van der Waals surface area (Å²) in [5, 5.41) is 1.14. The molecule has 0 aliphatic heterocycles. The van der Waals surface area contributed by atoms with Crippen LogP contribution >= 0.6 is 0 Å². The summed E-state index contributed by atoms with van der Waals surface area (Å²) in [5.41, 5.74) is 17.2. The van der Waals surface area contributed by atoms with Crippen molar-refractivity contribution in [2.24, 2.45) is 0 Å². The average Bonchev–Trinajstić information content (AvgIpc) is 3.76. The first kappa shape index (κ1) is 36.6. The quantitative estimate of drug-likeness (QED) is 0.0832. The highest BCUT2D eigenvalue weighted by atomic mass is 16.5. The van der Waals surface area contributed by atoms with Crippen LogP contribution in [-0.2, 0) is 10.2 Å². The van der Waals surface area contributed by atoms with Crippen molar-refractivity contribution in [3.05, 3.63) is 224 Å². The van der Waals surface area contributed by atoms with Gasteiger partial charge in [0.15, 0.2) is 0 Å². The molecule has 0 fully saturated rings. The Balaban J connectivity index is 1.12. The second-order valence-corrected chi connectivity index (χ2v) is 15.8. The molecule has 0 amide bonds. The molecule has 60 heavy (non-hydrogen) atoms. The molecule has 4 heteroatoms. The number of carbonyl (C=O) groups is 1. The first-order valence-corrected chi connectivity index (χ1v) is 20.3. The van der Waals surface area contributed by atoms with Crippen LogP contribution in [0.4, 0.5) is 17.1 Å². The molecule has 1 aromatic heterocycles. The molecule has 0 atom stereocenters. The summed E-state index contributed by atoms with van der Waals surface area (Å²) in [5.74, 6) is -0.0221. The Labute approximate surface area is 350 Å². The summed E-state index contributed by atoms with van der Waals surface area (Å²) in [6.45, 7) is 8.21. The monoisotopic (exact) mass is 774 g/mol. The molecule has 8 aromatic carbocycles. The van der Waals surface area contributed by atoms with Crippen molar-refractivity contribution >= 4 is 33.9 Å². The largest absolute Gasteiger partial charge is 0.423 e. The molecule has 0 spiro atoms. The maximum Gasteiger partial charge on any atom is 0.335 e. The van der Waals surface area contributed by atoms with Crippen LogP contribution in [0, 0.1) is 0 Å². The Bertz CT molecular complexity index is 3030. The highest BCUT2D eigenvalue weighted by Crippen LogP contribution is 2.51. The van der Waals surface area contributed by atoms with Crippen molar-refractivity contribution in [1.82, 2.24) is 4.57 Å². The number of anilines is 3. The molecular formula is C56H42N2O2. The molecule has 0 saturated heterocycles. The van der Waals surface area contributed by atoms with E-state index in [-0.39, 0.29) is 5.41 Å². The van der Waals surface area contributed by atoms with Crippen molar-refractivity contribution < 1.29 is 9.53 Å². The number of nitrogens with zero attached hydrogens (tertiary/aromatic N) is 2. The smallest absolute Gasteiger partial charge is 0.335 e. The molecule has 0 unspecified atom stereocenters. The van der Waals surface area contributed by atoms with Crippen LogP contribution in [0.3, 0.4) is 0 Å². The third kappa shape index (κ3) is 6.30. The molecule has 0 bridgehead atoms. The Morgan fingerprint density at radius 2 is 1.10 bits per heavy atom.